The van der Waals surface area contributed by atoms with Crippen molar-refractivity contribution in [1.82, 2.24) is 9.78 Å². The van der Waals surface area contributed by atoms with Gasteiger partial charge >= 0.3 is 0 Å². The van der Waals surface area contributed by atoms with Gasteiger partial charge in [-0.15, -0.1) is 0 Å². The standard InChI is InChI=1S/C16H22IN3/c1-4-14-16(11(3)18)15(5-2)20(19-14)10-12-6-8-13(17)9-7-12/h6-9,11H,4-5,10,18H2,1-3H3. The number of aromatic nitrogens is 2. The van der Waals surface area contributed by atoms with E-state index in [0.717, 1.165) is 25.1 Å². The topological polar surface area (TPSA) is 43.8 Å². The number of hydrogen-bond donors (Lipinski definition) is 1. The minimum absolute atomic E-state index is 0.0466. The van der Waals surface area contributed by atoms with Gasteiger partial charge in [0.2, 0.25) is 0 Å². The molecule has 2 aromatic rings. The van der Waals surface area contributed by atoms with Crippen molar-refractivity contribution in [2.24, 2.45) is 5.73 Å². The Balaban J connectivity index is 2.38. The van der Waals surface area contributed by atoms with E-state index in [-0.39, 0.29) is 6.04 Å². The fraction of sp³-hybridized carbons (Fsp3) is 0.438. The van der Waals surface area contributed by atoms with Gasteiger partial charge in [0.1, 0.15) is 0 Å². The molecule has 1 atom stereocenters. The lowest BCUT2D eigenvalue weighted by atomic mass is 10.0. The van der Waals surface area contributed by atoms with E-state index in [1.807, 2.05) is 6.92 Å². The highest BCUT2D eigenvalue weighted by Crippen LogP contribution is 2.23. The van der Waals surface area contributed by atoms with E-state index in [1.165, 1.54) is 20.4 Å². The van der Waals surface area contributed by atoms with Crippen LogP contribution in [0.4, 0.5) is 0 Å². The summed E-state index contributed by atoms with van der Waals surface area (Å²) < 4.78 is 3.38. The molecule has 3 nitrogen and oxygen atoms in total. The first kappa shape index (κ1) is 15.5. The Hall–Kier alpha value is -0.880. The van der Waals surface area contributed by atoms with Gasteiger partial charge in [-0.25, -0.2) is 0 Å². The molecule has 4 heteroatoms. The average molecular weight is 383 g/mol. The molecule has 1 unspecified atom stereocenters. The lowest BCUT2D eigenvalue weighted by Crippen LogP contribution is -2.11. The highest BCUT2D eigenvalue weighted by atomic mass is 127. The van der Waals surface area contributed by atoms with Gasteiger partial charge in [-0.05, 0) is 60.1 Å². The Morgan fingerprint density at radius 2 is 1.85 bits per heavy atom. The second kappa shape index (κ2) is 6.72. The van der Waals surface area contributed by atoms with E-state index in [0.29, 0.717) is 0 Å². The largest absolute Gasteiger partial charge is 0.324 e. The third-order valence-corrected chi connectivity index (χ3v) is 4.26. The van der Waals surface area contributed by atoms with Crippen molar-refractivity contribution in [2.45, 2.75) is 46.2 Å². The van der Waals surface area contributed by atoms with Crippen molar-refractivity contribution in [2.75, 3.05) is 0 Å². The third kappa shape index (κ3) is 3.23. The van der Waals surface area contributed by atoms with Crippen LogP contribution in [0, 0.1) is 3.57 Å². The molecule has 2 rings (SSSR count). The Labute approximate surface area is 134 Å². The number of nitrogens with zero attached hydrogens (tertiary/aromatic N) is 2. The van der Waals surface area contributed by atoms with E-state index >= 15 is 0 Å². The smallest absolute Gasteiger partial charge is 0.0672 e. The zero-order valence-electron chi connectivity index (χ0n) is 12.4. The first-order valence-corrected chi connectivity index (χ1v) is 8.23. The molecular weight excluding hydrogens is 361 g/mol. The molecule has 0 aliphatic heterocycles. The molecule has 0 amide bonds. The fourth-order valence-corrected chi connectivity index (χ4v) is 2.98. The van der Waals surface area contributed by atoms with Crippen molar-refractivity contribution in [1.29, 1.82) is 0 Å². The Bertz CT molecular complexity index is 570. The van der Waals surface area contributed by atoms with Crippen LogP contribution in [-0.2, 0) is 19.4 Å². The lowest BCUT2D eigenvalue weighted by Gasteiger charge is -2.10. The van der Waals surface area contributed by atoms with Gasteiger partial charge in [0.25, 0.3) is 0 Å². The second-order valence-corrected chi connectivity index (χ2v) is 6.33. The summed E-state index contributed by atoms with van der Waals surface area (Å²) in [6.07, 6.45) is 1.90. The summed E-state index contributed by atoms with van der Waals surface area (Å²) in [4.78, 5) is 0. The van der Waals surface area contributed by atoms with Crippen LogP contribution in [0.2, 0.25) is 0 Å². The zero-order chi connectivity index (χ0) is 14.7. The maximum atomic E-state index is 6.14. The highest BCUT2D eigenvalue weighted by molar-refractivity contribution is 14.1. The number of nitrogens with two attached hydrogens (primary N) is 1. The molecule has 108 valence electrons. The summed E-state index contributed by atoms with van der Waals surface area (Å²) in [5.74, 6) is 0. The van der Waals surface area contributed by atoms with Gasteiger partial charge in [-0.3, -0.25) is 4.68 Å². The Morgan fingerprint density at radius 3 is 2.35 bits per heavy atom. The second-order valence-electron chi connectivity index (χ2n) is 5.09. The predicted octanol–water partition coefficient (Wildman–Crippen LogP) is 3.68. The lowest BCUT2D eigenvalue weighted by molar-refractivity contribution is 0.637. The summed E-state index contributed by atoms with van der Waals surface area (Å²) in [6.45, 7) is 7.18. The number of hydrogen-bond acceptors (Lipinski definition) is 2. The molecule has 0 aliphatic carbocycles. The third-order valence-electron chi connectivity index (χ3n) is 3.55. The summed E-state index contributed by atoms with van der Waals surface area (Å²) in [5.41, 5.74) is 11.1. The van der Waals surface area contributed by atoms with Gasteiger partial charge in [-0.1, -0.05) is 26.0 Å². The number of halogens is 1. The molecule has 1 heterocycles. The zero-order valence-corrected chi connectivity index (χ0v) is 14.5. The average Bonchev–Trinajstić information content (AvgIpc) is 2.79. The van der Waals surface area contributed by atoms with Crippen LogP contribution in [0.25, 0.3) is 0 Å². The van der Waals surface area contributed by atoms with E-state index in [2.05, 4.69) is 65.4 Å². The van der Waals surface area contributed by atoms with Gasteiger partial charge < -0.3 is 5.73 Å². The van der Waals surface area contributed by atoms with E-state index < -0.39 is 0 Å². The summed E-state index contributed by atoms with van der Waals surface area (Å²) in [6, 6.07) is 8.65. The van der Waals surface area contributed by atoms with Gasteiger partial charge in [0.05, 0.1) is 12.2 Å². The van der Waals surface area contributed by atoms with Gasteiger partial charge in [0, 0.05) is 20.9 Å². The molecule has 1 aromatic carbocycles. The van der Waals surface area contributed by atoms with Gasteiger partial charge in [0.15, 0.2) is 0 Å². The molecule has 2 N–H and O–H groups in total. The molecule has 0 aliphatic rings. The maximum absolute atomic E-state index is 6.14. The molecule has 0 saturated carbocycles. The Morgan fingerprint density at radius 1 is 1.20 bits per heavy atom. The fourth-order valence-electron chi connectivity index (χ4n) is 2.62. The van der Waals surface area contributed by atoms with Crippen LogP contribution >= 0.6 is 22.6 Å². The van der Waals surface area contributed by atoms with Gasteiger partial charge in [-0.2, -0.15) is 5.10 Å². The molecular formula is C16H22IN3. The minimum atomic E-state index is 0.0466. The molecule has 1 aromatic heterocycles. The van der Waals surface area contributed by atoms with Crippen molar-refractivity contribution in [3.63, 3.8) is 0 Å². The minimum Gasteiger partial charge on any atom is -0.324 e. The van der Waals surface area contributed by atoms with Crippen molar-refractivity contribution < 1.29 is 0 Å². The van der Waals surface area contributed by atoms with Crippen molar-refractivity contribution >= 4 is 22.6 Å². The first-order chi connectivity index (χ1) is 9.56. The van der Waals surface area contributed by atoms with E-state index in [9.17, 15) is 0 Å². The molecule has 0 bridgehead atoms. The van der Waals surface area contributed by atoms with Crippen LogP contribution in [0.1, 0.15) is 49.3 Å². The van der Waals surface area contributed by atoms with Crippen LogP contribution in [0.3, 0.4) is 0 Å². The van der Waals surface area contributed by atoms with E-state index in [4.69, 9.17) is 10.8 Å². The highest BCUT2D eigenvalue weighted by Gasteiger charge is 2.18. The molecule has 0 saturated heterocycles. The predicted molar refractivity (Wildman–Crippen MR) is 91.8 cm³/mol. The number of rotatable bonds is 5. The van der Waals surface area contributed by atoms with Crippen LogP contribution in [0.5, 0.6) is 0 Å². The molecule has 20 heavy (non-hydrogen) atoms. The van der Waals surface area contributed by atoms with Crippen LogP contribution < -0.4 is 5.73 Å². The van der Waals surface area contributed by atoms with Crippen LogP contribution in [-0.4, -0.2) is 9.78 Å². The number of benzene rings is 1. The maximum Gasteiger partial charge on any atom is 0.0672 e. The monoisotopic (exact) mass is 383 g/mol. The normalized spacial score (nSPS) is 12.7. The molecule has 0 fully saturated rings. The number of aryl methyl sites for hydroxylation is 1. The Kier molecular flexibility index (Phi) is 5.21. The quantitative estimate of drug-likeness (QED) is 0.801. The molecule has 0 radical (unpaired) electrons. The first-order valence-electron chi connectivity index (χ1n) is 7.15. The SMILES string of the molecule is CCc1nn(Cc2ccc(I)cc2)c(CC)c1C(C)N. The summed E-state index contributed by atoms with van der Waals surface area (Å²) in [5, 5.41) is 4.77. The van der Waals surface area contributed by atoms with Crippen molar-refractivity contribution in [3.05, 3.63) is 50.4 Å². The van der Waals surface area contributed by atoms with Crippen LogP contribution in [0.15, 0.2) is 24.3 Å². The van der Waals surface area contributed by atoms with E-state index in [1.54, 1.807) is 0 Å². The summed E-state index contributed by atoms with van der Waals surface area (Å²) >= 11 is 2.33. The van der Waals surface area contributed by atoms with Crippen molar-refractivity contribution in [3.8, 4) is 0 Å². The summed E-state index contributed by atoms with van der Waals surface area (Å²) in [7, 11) is 0. The molecule has 0 spiro atoms.